The van der Waals surface area contributed by atoms with Crippen LogP contribution in [-0.2, 0) is 14.3 Å². The summed E-state index contributed by atoms with van der Waals surface area (Å²) in [5.74, 6) is -0.867. The van der Waals surface area contributed by atoms with Crippen molar-refractivity contribution in [3.05, 3.63) is 40.4 Å². The number of hydrogen-bond acceptors (Lipinski definition) is 3. The molecule has 1 amide bonds. The second-order valence-corrected chi connectivity index (χ2v) is 4.84. The minimum absolute atomic E-state index is 0.289. The molecule has 1 aromatic rings. The fourth-order valence-electron chi connectivity index (χ4n) is 1.35. The van der Waals surface area contributed by atoms with E-state index in [-0.39, 0.29) is 12.5 Å². The number of allylic oxidation sites excluding steroid dienone is 1. The third-order valence-corrected chi connectivity index (χ3v) is 2.79. The summed E-state index contributed by atoms with van der Waals surface area (Å²) >= 11 is 3.35. The second kappa shape index (κ2) is 7.74. The number of amides is 1. The minimum atomic E-state index is -0.510. The van der Waals surface area contributed by atoms with Gasteiger partial charge in [0.2, 0.25) is 0 Å². The maximum Gasteiger partial charge on any atom is 0.330 e. The quantitative estimate of drug-likeness (QED) is 0.668. The van der Waals surface area contributed by atoms with Gasteiger partial charge in [-0.2, -0.15) is 0 Å². The first kappa shape index (κ1) is 15.4. The average molecular weight is 326 g/mol. The van der Waals surface area contributed by atoms with E-state index in [2.05, 4.69) is 21.2 Å². The van der Waals surface area contributed by atoms with Crippen molar-refractivity contribution in [3.63, 3.8) is 0 Å². The van der Waals surface area contributed by atoms with E-state index in [9.17, 15) is 9.59 Å². The molecule has 1 N–H and O–H groups in total. The molecule has 0 spiro atoms. The van der Waals surface area contributed by atoms with E-state index in [0.717, 1.165) is 16.5 Å². The van der Waals surface area contributed by atoms with E-state index in [1.54, 1.807) is 12.1 Å². The Morgan fingerprint density at radius 3 is 2.79 bits per heavy atom. The van der Waals surface area contributed by atoms with Crippen LogP contribution < -0.4 is 5.32 Å². The third-order valence-electron chi connectivity index (χ3n) is 2.30. The minimum Gasteiger partial charge on any atom is -0.452 e. The Bertz CT molecular complexity index is 497. The lowest BCUT2D eigenvalue weighted by Gasteiger charge is -2.08. The van der Waals surface area contributed by atoms with Crippen LogP contribution in [0.25, 0.3) is 0 Å². The van der Waals surface area contributed by atoms with Crippen molar-refractivity contribution in [3.8, 4) is 0 Å². The molecule has 0 radical (unpaired) electrons. The number of nitrogens with one attached hydrogen (secondary N) is 1. The Kier molecular flexibility index (Phi) is 6.29. The molecule has 1 rings (SSSR count). The zero-order chi connectivity index (χ0) is 14.3. The van der Waals surface area contributed by atoms with Crippen molar-refractivity contribution in [1.29, 1.82) is 0 Å². The summed E-state index contributed by atoms with van der Waals surface area (Å²) in [7, 11) is 0. The molecule has 0 saturated carbocycles. The summed E-state index contributed by atoms with van der Waals surface area (Å²) in [6, 6.07) is 5.51. The summed E-state index contributed by atoms with van der Waals surface area (Å²) in [5.41, 5.74) is 1.63. The monoisotopic (exact) mass is 325 g/mol. The number of carbonyl (C=O) groups is 2. The molecule has 0 unspecified atom stereocenters. The van der Waals surface area contributed by atoms with Crippen LogP contribution >= 0.6 is 15.9 Å². The molecule has 0 heterocycles. The number of hydrogen-bond donors (Lipinski definition) is 1. The van der Waals surface area contributed by atoms with Gasteiger partial charge in [-0.05, 0) is 37.1 Å². The van der Waals surface area contributed by atoms with E-state index < -0.39 is 5.97 Å². The topological polar surface area (TPSA) is 55.4 Å². The van der Waals surface area contributed by atoms with Gasteiger partial charge in [-0.15, -0.1) is 0 Å². The standard InChI is InChI=1S/C14H16BrNO3/c1-3-4-5-14(18)19-9-13(17)16-12-7-6-11(15)8-10(12)2/h4-8H,3,9H2,1-2H3,(H,16,17)/b5-4+. The Labute approximate surface area is 121 Å². The van der Waals surface area contributed by atoms with Crippen LogP contribution in [0.5, 0.6) is 0 Å². The number of ether oxygens (including phenoxy) is 1. The predicted molar refractivity (Wildman–Crippen MR) is 77.9 cm³/mol. The van der Waals surface area contributed by atoms with Crippen LogP contribution in [0.15, 0.2) is 34.8 Å². The number of benzene rings is 1. The number of aryl methyl sites for hydroxylation is 1. The van der Waals surface area contributed by atoms with Crippen LogP contribution in [0.3, 0.4) is 0 Å². The maximum atomic E-state index is 11.6. The van der Waals surface area contributed by atoms with E-state index in [0.29, 0.717) is 5.69 Å². The van der Waals surface area contributed by atoms with Gasteiger partial charge in [0.1, 0.15) is 0 Å². The van der Waals surface area contributed by atoms with Crippen LogP contribution in [0.2, 0.25) is 0 Å². The second-order valence-electron chi connectivity index (χ2n) is 3.93. The fraction of sp³-hybridized carbons (Fsp3) is 0.286. The van der Waals surface area contributed by atoms with Crippen molar-refractivity contribution in [2.75, 3.05) is 11.9 Å². The van der Waals surface area contributed by atoms with Gasteiger partial charge in [-0.1, -0.05) is 28.9 Å². The van der Waals surface area contributed by atoms with E-state index in [4.69, 9.17) is 4.74 Å². The molecular formula is C14H16BrNO3. The molecule has 0 atom stereocenters. The first-order chi connectivity index (χ1) is 9.02. The molecule has 19 heavy (non-hydrogen) atoms. The van der Waals surface area contributed by atoms with E-state index >= 15 is 0 Å². The summed E-state index contributed by atoms with van der Waals surface area (Å²) in [5, 5.41) is 2.69. The van der Waals surface area contributed by atoms with Gasteiger partial charge in [0.05, 0.1) is 0 Å². The third kappa shape index (κ3) is 5.70. The van der Waals surface area contributed by atoms with Gasteiger partial charge in [0.15, 0.2) is 6.61 Å². The Balaban J connectivity index is 2.47. The van der Waals surface area contributed by atoms with Gasteiger partial charge >= 0.3 is 5.97 Å². The summed E-state index contributed by atoms with van der Waals surface area (Å²) in [6.07, 6.45) is 3.75. The van der Waals surface area contributed by atoms with Crippen molar-refractivity contribution in [1.82, 2.24) is 0 Å². The molecule has 0 bridgehead atoms. The van der Waals surface area contributed by atoms with Crippen LogP contribution in [-0.4, -0.2) is 18.5 Å². The first-order valence-electron chi connectivity index (χ1n) is 5.92. The molecule has 0 aromatic heterocycles. The molecule has 0 aliphatic rings. The smallest absolute Gasteiger partial charge is 0.330 e. The molecule has 102 valence electrons. The van der Waals surface area contributed by atoms with E-state index in [1.165, 1.54) is 6.08 Å². The van der Waals surface area contributed by atoms with Gasteiger partial charge in [0.25, 0.3) is 5.91 Å². The predicted octanol–water partition coefficient (Wildman–Crippen LogP) is 3.21. The zero-order valence-electron chi connectivity index (χ0n) is 10.9. The highest BCUT2D eigenvalue weighted by atomic mass is 79.9. The molecule has 5 heteroatoms. The zero-order valence-corrected chi connectivity index (χ0v) is 12.5. The molecule has 0 aliphatic carbocycles. The number of halogens is 1. The molecule has 1 aromatic carbocycles. The summed E-state index contributed by atoms with van der Waals surface area (Å²) in [4.78, 5) is 22.8. The Morgan fingerprint density at radius 2 is 2.16 bits per heavy atom. The summed E-state index contributed by atoms with van der Waals surface area (Å²) < 4.78 is 5.74. The number of anilines is 1. The molecule has 0 saturated heterocycles. The number of rotatable bonds is 5. The fourth-order valence-corrected chi connectivity index (χ4v) is 1.83. The first-order valence-corrected chi connectivity index (χ1v) is 6.71. The molecule has 4 nitrogen and oxygen atoms in total. The highest BCUT2D eigenvalue weighted by molar-refractivity contribution is 9.10. The lowest BCUT2D eigenvalue weighted by atomic mass is 10.2. The van der Waals surface area contributed by atoms with E-state index in [1.807, 2.05) is 26.0 Å². The summed E-state index contributed by atoms with van der Waals surface area (Å²) in [6.45, 7) is 3.51. The van der Waals surface area contributed by atoms with Crippen LogP contribution in [0, 0.1) is 6.92 Å². The van der Waals surface area contributed by atoms with Crippen molar-refractivity contribution in [2.45, 2.75) is 20.3 Å². The molecular weight excluding hydrogens is 310 g/mol. The largest absolute Gasteiger partial charge is 0.452 e. The Hall–Kier alpha value is -1.62. The lowest BCUT2D eigenvalue weighted by molar-refractivity contribution is -0.142. The molecule has 0 aliphatic heterocycles. The average Bonchev–Trinajstić information content (AvgIpc) is 2.37. The van der Waals surface area contributed by atoms with Crippen molar-refractivity contribution >= 4 is 33.5 Å². The highest BCUT2D eigenvalue weighted by Gasteiger charge is 2.07. The maximum absolute atomic E-state index is 11.6. The SMILES string of the molecule is CC/C=C/C(=O)OCC(=O)Nc1ccc(Br)cc1C. The van der Waals surface area contributed by atoms with Crippen molar-refractivity contribution in [2.24, 2.45) is 0 Å². The van der Waals surface area contributed by atoms with Crippen LogP contribution in [0.4, 0.5) is 5.69 Å². The van der Waals surface area contributed by atoms with Gasteiger partial charge in [-0.3, -0.25) is 4.79 Å². The highest BCUT2D eigenvalue weighted by Crippen LogP contribution is 2.19. The van der Waals surface area contributed by atoms with Crippen LogP contribution in [0.1, 0.15) is 18.9 Å². The number of carbonyl (C=O) groups excluding carboxylic acids is 2. The van der Waals surface area contributed by atoms with Gasteiger partial charge in [0, 0.05) is 16.2 Å². The Morgan fingerprint density at radius 1 is 1.42 bits per heavy atom. The van der Waals surface area contributed by atoms with Crippen molar-refractivity contribution < 1.29 is 14.3 Å². The number of esters is 1. The van der Waals surface area contributed by atoms with Gasteiger partial charge in [-0.25, -0.2) is 4.79 Å². The lowest BCUT2D eigenvalue weighted by Crippen LogP contribution is -2.20. The van der Waals surface area contributed by atoms with Gasteiger partial charge < -0.3 is 10.1 Å². The molecule has 0 fully saturated rings. The normalized spacial score (nSPS) is 10.5.